The second-order valence-electron chi connectivity index (χ2n) is 3.03. The van der Waals surface area contributed by atoms with E-state index in [1.54, 1.807) is 6.92 Å². The van der Waals surface area contributed by atoms with E-state index in [0.717, 1.165) is 12.2 Å². The molecular formula is C9H10N4O3S2. The van der Waals surface area contributed by atoms with Crippen LogP contribution in [0.1, 0.15) is 30.4 Å². The summed E-state index contributed by atoms with van der Waals surface area (Å²) < 4.78 is 14.7. The molecule has 0 aliphatic heterocycles. The number of hydrogen-bond acceptors (Lipinski definition) is 9. The molecule has 0 aliphatic carbocycles. The van der Waals surface area contributed by atoms with Gasteiger partial charge in [-0.1, -0.05) is 12.0 Å². The molecule has 0 radical (unpaired) electrons. The second kappa shape index (κ2) is 5.91. The van der Waals surface area contributed by atoms with E-state index < -0.39 is 5.97 Å². The predicted octanol–water partition coefficient (Wildman–Crippen LogP) is 1.81. The summed E-state index contributed by atoms with van der Waals surface area (Å²) in [6.07, 6.45) is 0.773. The first-order valence-electron chi connectivity index (χ1n) is 5.24. The summed E-state index contributed by atoms with van der Waals surface area (Å²) in [5.41, 5.74) is 0. The molecule has 0 saturated carbocycles. The van der Waals surface area contributed by atoms with Crippen LogP contribution in [0.4, 0.5) is 0 Å². The molecule has 2 heterocycles. The number of rotatable bonds is 5. The number of hydrogen-bond donors (Lipinski definition) is 0. The van der Waals surface area contributed by atoms with Gasteiger partial charge in [-0.2, -0.15) is 4.37 Å². The van der Waals surface area contributed by atoms with Crippen LogP contribution in [0.25, 0.3) is 0 Å². The average molecular weight is 286 g/mol. The predicted molar refractivity (Wildman–Crippen MR) is 63.7 cm³/mol. The topological polar surface area (TPSA) is 91.0 Å². The molecule has 0 unspecified atom stereocenters. The molecular weight excluding hydrogens is 276 g/mol. The van der Waals surface area contributed by atoms with Crippen LogP contribution >= 0.6 is 23.3 Å². The van der Waals surface area contributed by atoms with Gasteiger partial charge in [0.25, 0.3) is 5.22 Å². The highest BCUT2D eigenvalue weighted by molar-refractivity contribution is 8.00. The first-order chi connectivity index (χ1) is 8.72. The average Bonchev–Trinajstić information content (AvgIpc) is 2.99. The molecule has 0 fully saturated rings. The number of nitrogens with zero attached hydrogens (tertiary/aromatic N) is 4. The summed E-state index contributed by atoms with van der Waals surface area (Å²) in [4.78, 5) is 15.5. The molecule has 0 aromatic carbocycles. The largest absolute Gasteiger partial charge is 0.459 e. The summed E-state index contributed by atoms with van der Waals surface area (Å²) in [7, 11) is 0. The maximum atomic E-state index is 11.3. The van der Waals surface area contributed by atoms with E-state index >= 15 is 0 Å². The van der Waals surface area contributed by atoms with Crippen molar-refractivity contribution in [2.45, 2.75) is 29.8 Å². The van der Waals surface area contributed by atoms with Crippen LogP contribution in [0.5, 0.6) is 0 Å². The van der Waals surface area contributed by atoms with Gasteiger partial charge in [-0.3, -0.25) is 0 Å². The summed E-state index contributed by atoms with van der Waals surface area (Å²) >= 11 is 2.43. The third kappa shape index (κ3) is 3.05. The zero-order valence-corrected chi connectivity index (χ0v) is 11.4. The summed E-state index contributed by atoms with van der Waals surface area (Å²) in [5, 5.41) is 7.58. The van der Waals surface area contributed by atoms with E-state index in [-0.39, 0.29) is 17.7 Å². The van der Waals surface area contributed by atoms with Crippen molar-refractivity contribution >= 4 is 29.3 Å². The van der Waals surface area contributed by atoms with Crippen molar-refractivity contribution in [2.75, 3.05) is 6.61 Å². The quantitative estimate of drug-likeness (QED) is 0.768. The highest BCUT2D eigenvalue weighted by Crippen LogP contribution is 2.27. The van der Waals surface area contributed by atoms with Crippen LogP contribution in [0.3, 0.4) is 0 Å². The SMILES string of the molecule is CCOC(=O)c1nnc(Sc2nc(CC)ns2)o1. The monoisotopic (exact) mass is 286 g/mol. The lowest BCUT2D eigenvalue weighted by atomic mass is 10.5. The highest BCUT2D eigenvalue weighted by atomic mass is 32.2. The van der Waals surface area contributed by atoms with Crippen molar-refractivity contribution in [1.82, 2.24) is 19.6 Å². The number of carbonyl (C=O) groups is 1. The van der Waals surface area contributed by atoms with Gasteiger partial charge in [0.2, 0.25) is 0 Å². The lowest BCUT2D eigenvalue weighted by molar-refractivity contribution is 0.0475. The fourth-order valence-electron chi connectivity index (χ4n) is 1.02. The third-order valence-electron chi connectivity index (χ3n) is 1.80. The Kier molecular flexibility index (Phi) is 4.26. The van der Waals surface area contributed by atoms with Crippen molar-refractivity contribution in [1.29, 1.82) is 0 Å². The molecule has 0 bridgehead atoms. The van der Waals surface area contributed by atoms with Gasteiger partial charge >= 0.3 is 11.9 Å². The Labute approximate surface area is 111 Å². The standard InChI is InChI=1S/C9H10N4O3S2/c1-3-5-10-9(18-13-5)17-8-12-11-6(16-8)7(14)15-4-2/h3-4H2,1-2H3. The van der Waals surface area contributed by atoms with E-state index in [4.69, 9.17) is 9.15 Å². The maximum Gasteiger partial charge on any atom is 0.396 e. The molecule has 0 saturated heterocycles. The second-order valence-corrected chi connectivity index (χ2v) is 4.98. The van der Waals surface area contributed by atoms with Crippen LogP contribution in [-0.2, 0) is 11.2 Å². The van der Waals surface area contributed by atoms with Gasteiger partial charge in [0, 0.05) is 18.2 Å². The van der Waals surface area contributed by atoms with Gasteiger partial charge in [0.1, 0.15) is 5.82 Å². The Balaban J connectivity index is 2.04. The van der Waals surface area contributed by atoms with E-state index in [0.29, 0.717) is 4.34 Å². The van der Waals surface area contributed by atoms with Crippen molar-refractivity contribution < 1.29 is 13.9 Å². The molecule has 7 nitrogen and oxygen atoms in total. The van der Waals surface area contributed by atoms with Crippen LogP contribution in [0.15, 0.2) is 14.0 Å². The lowest BCUT2D eigenvalue weighted by Gasteiger charge is -1.93. The van der Waals surface area contributed by atoms with Crippen molar-refractivity contribution in [3.05, 3.63) is 11.7 Å². The minimum atomic E-state index is -0.622. The number of aryl methyl sites for hydroxylation is 1. The number of aromatic nitrogens is 4. The van der Waals surface area contributed by atoms with Gasteiger partial charge in [-0.25, -0.2) is 9.78 Å². The minimum absolute atomic E-state index is 0.153. The number of ether oxygens (including phenoxy) is 1. The van der Waals surface area contributed by atoms with Gasteiger partial charge in [0.15, 0.2) is 4.34 Å². The minimum Gasteiger partial charge on any atom is -0.459 e. The van der Waals surface area contributed by atoms with E-state index in [1.807, 2.05) is 6.92 Å². The first-order valence-corrected chi connectivity index (χ1v) is 6.83. The molecule has 2 aromatic rings. The van der Waals surface area contributed by atoms with Crippen molar-refractivity contribution in [3.8, 4) is 0 Å². The first kappa shape index (κ1) is 13.0. The van der Waals surface area contributed by atoms with E-state index in [1.165, 1.54) is 23.3 Å². The normalized spacial score (nSPS) is 10.6. The summed E-state index contributed by atoms with van der Waals surface area (Å²) in [6, 6.07) is 0. The Morgan fingerprint density at radius 3 is 2.94 bits per heavy atom. The summed E-state index contributed by atoms with van der Waals surface area (Å²) in [6.45, 7) is 3.94. The third-order valence-corrected chi connectivity index (χ3v) is 3.43. The van der Waals surface area contributed by atoms with E-state index in [2.05, 4.69) is 19.6 Å². The molecule has 18 heavy (non-hydrogen) atoms. The molecule has 0 aliphatic rings. The number of carbonyl (C=O) groups excluding carboxylic acids is 1. The zero-order chi connectivity index (χ0) is 13.0. The van der Waals surface area contributed by atoms with Gasteiger partial charge in [-0.05, 0) is 18.5 Å². The van der Waals surface area contributed by atoms with Crippen molar-refractivity contribution in [3.63, 3.8) is 0 Å². The van der Waals surface area contributed by atoms with Crippen LogP contribution in [0.2, 0.25) is 0 Å². The molecule has 0 amide bonds. The Morgan fingerprint density at radius 1 is 1.44 bits per heavy atom. The molecule has 2 rings (SSSR count). The molecule has 9 heteroatoms. The van der Waals surface area contributed by atoms with E-state index in [9.17, 15) is 4.79 Å². The van der Waals surface area contributed by atoms with Gasteiger partial charge in [-0.15, -0.1) is 5.10 Å². The van der Waals surface area contributed by atoms with Crippen LogP contribution in [-0.4, -0.2) is 32.1 Å². The fourth-order valence-corrected chi connectivity index (χ4v) is 2.50. The molecule has 2 aromatic heterocycles. The van der Waals surface area contributed by atoms with Crippen LogP contribution in [0, 0.1) is 0 Å². The molecule has 96 valence electrons. The maximum absolute atomic E-state index is 11.3. The fraction of sp³-hybridized carbons (Fsp3) is 0.444. The molecule has 0 atom stereocenters. The molecule has 0 spiro atoms. The smallest absolute Gasteiger partial charge is 0.396 e. The Bertz CT molecular complexity index is 539. The molecule has 0 N–H and O–H groups in total. The number of esters is 1. The highest BCUT2D eigenvalue weighted by Gasteiger charge is 2.17. The van der Waals surface area contributed by atoms with Crippen molar-refractivity contribution in [2.24, 2.45) is 0 Å². The van der Waals surface area contributed by atoms with Gasteiger partial charge in [0.05, 0.1) is 6.61 Å². The zero-order valence-electron chi connectivity index (χ0n) is 9.74. The summed E-state index contributed by atoms with van der Waals surface area (Å²) in [5.74, 6) is -0.00410. The lowest BCUT2D eigenvalue weighted by Crippen LogP contribution is -2.04. The van der Waals surface area contributed by atoms with Crippen LogP contribution < -0.4 is 0 Å². The Morgan fingerprint density at radius 2 is 2.28 bits per heavy atom. The van der Waals surface area contributed by atoms with Gasteiger partial charge < -0.3 is 9.15 Å². The Hall–Kier alpha value is -1.48.